The zero-order valence-corrected chi connectivity index (χ0v) is 13.4. The zero-order valence-electron chi connectivity index (χ0n) is 11.7. The van der Waals surface area contributed by atoms with Crippen molar-refractivity contribution in [1.82, 2.24) is 19.8 Å². The van der Waals surface area contributed by atoms with Gasteiger partial charge in [0.05, 0.1) is 11.7 Å². The first-order valence-electron chi connectivity index (χ1n) is 6.63. The molecule has 0 aliphatic carbocycles. The van der Waals surface area contributed by atoms with E-state index >= 15 is 0 Å². The van der Waals surface area contributed by atoms with Gasteiger partial charge in [-0.05, 0) is 23.0 Å². The van der Waals surface area contributed by atoms with Gasteiger partial charge in [0.25, 0.3) is 0 Å². The molecule has 0 saturated heterocycles. The Morgan fingerprint density at radius 1 is 1.05 bits per heavy atom. The predicted octanol–water partition coefficient (Wildman–Crippen LogP) is 3.23. The van der Waals surface area contributed by atoms with Gasteiger partial charge in [-0.1, -0.05) is 60.0 Å². The molecular weight excluding hydrogens is 302 g/mol. The summed E-state index contributed by atoms with van der Waals surface area (Å²) in [5.41, 5.74) is 8.26. The van der Waals surface area contributed by atoms with Crippen LogP contribution in [-0.2, 0) is 0 Å². The van der Waals surface area contributed by atoms with Gasteiger partial charge in [0, 0.05) is 0 Å². The SMILES string of the molecule is CC(C)c1nnsc1-c1nnc(C(N)c2ccccc2)s1. The Morgan fingerprint density at radius 3 is 2.52 bits per heavy atom. The number of rotatable bonds is 4. The Bertz CT molecular complexity index is 720. The summed E-state index contributed by atoms with van der Waals surface area (Å²) in [5.74, 6) is 0.314. The molecule has 2 N–H and O–H groups in total. The van der Waals surface area contributed by atoms with Crippen LogP contribution in [0.2, 0.25) is 0 Å². The summed E-state index contributed by atoms with van der Waals surface area (Å²) in [4.78, 5) is 0.994. The van der Waals surface area contributed by atoms with Gasteiger partial charge in [-0.15, -0.1) is 15.3 Å². The summed E-state index contributed by atoms with van der Waals surface area (Å²) in [5, 5.41) is 14.3. The van der Waals surface area contributed by atoms with E-state index in [2.05, 4.69) is 33.6 Å². The lowest BCUT2D eigenvalue weighted by Crippen LogP contribution is -2.11. The maximum atomic E-state index is 6.26. The van der Waals surface area contributed by atoms with Crippen LogP contribution >= 0.6 is 22.9 Å². The normalized spacial score (nSPS) is 12.8. The second-order valence-electron chi connectivity index (χ2n) is 4.98. The van der Waals surface area contributed by atoms with E-state index in [4.69, 9.17) is 5.73 Å². The van der Waals surface area contributed by atoms with Crippen molar-refractivity contribution in [1.29, 1.82) is 0 Å². The molecule has 1 aromatic carbocycles. The van der Waals surface area contributed by atoms with Gasteiger partial charge in [0.15, 0.2) is 5.01 Å². The fourth-order valence-corrected chi connectivity index (χ4v) is 3.74. The highest BCUT2D eigenvalue weighted by Crippen LogP contribution is 2.34. The summed E-state index contributed by atoms with van der Waals surface area (Å²) in [6.45, 7) is 4.19. The van der Waals surface area contributed by atoms with Crippen molar-refractivity contribution in [2.45, 2.75) is 25.8 Å². The molecule has 2 aromatic heterocycles. The van der Waals surface area contributed by atoms with Crippen LogP contribution in [0.5, 0.6) is 0 Å². The van der Waals surface area contributed by atoms with Crippen molar-refractivity contribution >= 4 is 22.9 Å². The molecule has 108 valence electrons. The second-order valence-corrected chi connectivity index (χ2v) is 6.74. The van der Waals surface area contributed by atoms with E-state index in [9.17, 15) is 0 Å². The van der Waals surface area contributed by atoms with Crippen molar-refractivity contribution in [2.24, 2.45) is 5.73 Å². The Kier molecular flexibility index (Phi) is 4.05. The van der Waals surface area contributed by atoms with E-state index < -0.39 is 0 Å². The van der Waals surface area contributed by atoms with Crippen LogP contribution in [0.1, 0.15) is 42.1 Å². The lowest BCUT2D eigenvalue weighted by Gasteiger charge is -2.06. The minimum Gasteiger partial charge on any atom is -0.318 e. The first-order valence-corrected chi connectivity index (χ1v) is 8.22. The lowest BCUT2D eigenvalue weighted by molar-refractivity contribution is 0.812. The van der Waals surface area contributed by atoms with Crippen molar-refractivity contribution in [3.63, 3.8) is 0 Å². The highest BCUT2D eigenvalue weighted by Gasteiger charge is 2.20. The summed E-state index contributed by atoms with van der Waals surface area (Å²) in [7, 11) is 0. The third-order valence-electron chi connectivity index (χ3n) is 3.12. The number of nitrogens with two attached hydrogens (primary N) is 1. The van der Waals surface area contributed by atoms with Gasteiger partial charge in [-0.3, -0.25) is 0 Å². The van der Waals surface area contributed by atoms with Gasteiger partial charge in [-0.25, -0.2) is 0 Å². The summed E-state index contributed by atoms with van der Waals surface area (Å²) < 4.78 is 4.03. The highest BCUT2D eigenvalue weighted by molar-refractivity contribution is 7.19. The monoisotopic (exact) mass is 317 g/mol. The van der Waals surface area contributed by atoms with Crippen LogP contribution in [0, 0.1) is 0 Å². The van der Waals surface area contributed by atoms with Gasteiger partial charge in [0.2, 0.25) is 0 Å². The standard InChI is InChI=1S/C14H15N5S2/c1-8(2)11-12(21-19-16-11)14-18-17-13(20-14)10(15)9-6-4-3-5-7-9/h3-8,10H,15H2,1-2H3. The van der Waals surface area contributed by atoms with Gasteiger partial charge >= 0.3 is 0 Å². The maximum absolute atomic E-state index is 6.26. The zero-order chi connectivity index (χ0) is 14.8. The largest absolute Gasteiger partial charge is 0.318 e. The minimum absolute atomic E-state index is 0.249. The molecule has 7 heteroatoms. The lowest BCUT2D eigenvalue weighted by atomic mass is 10.1. The predicted molar refractivity (Wildman–Crippen MR) is 85.4 cm³/mol. The van der Waals surface area contributed by atoms with Crippen LogP contribution in [0.15, 0.2) is 30.3 Å². The van der Waals surface area contributed by atoms with Crippen molar-refractivity contribution in [2.75, 3.05) is 0 Å². The van der Waals surface area contributed by atoms with Crippen molar-refractivity contribution < 1.29 is 0 Å². The molecule has 5 nitrogen and oxygen atoms in total. The third-order valence-corrected chi connectivity index (χ3v) is 5.02. The number of nitrogens with zero attached hydrogens (tertiary/aromatic N) is 4. The van der Waals surface area contributed by atoms with Gasteiger partial charge in [-0.2, -0.15) is 0 Å². The second kappa shape index (κ2) is 5.97. The van der Waals surface area contributed by atoms with Crippen molar-refractivity contribution in [3.05, 3.63) is 46.6 Å². The third kappa shape index (κ3) is 2.85. The summed E-state index contributed by atoms with van der Waals surface area (Å²) >= 11 is 2.87. The molecule has 3 rings (SSSR count). The topological polar surface area (TPSA) is 77.6 Å². The molecule has 0 amide bonds. The van der Waals surface area contributed by atoms with Crippen LogP contribution in [0.3, 0.4) is 0 Å². The molecule has 21 heavy (non-hydrogen) atoms. The summed E-state index contributed by atoms with van der Waals surface area (Å²) in [6, 6.07) is 9.67. The first kappa shape index (κ1) is 14.2. The quantitative estimate of drug-likeness (QED) is 0.799. The molecule has 0 spiro atoms. The Hall–Kier alpha value is -1.70. The minimum atomic E-state index is -0.249. The molecule has 0 aliphatic heterocycles. The van der Waals surface area contributed by atoms with Crippen LogP contribution in [0.4, 0.5) is 0 Å². The Balaban J connectivity index is 1.92. The van der Waals surface area contributed by atoms with E-state index in [0.717, 1.165) is 26.1 Å². The smallest absolute Gasteiger partial charge is 0.161 e. The molecule has 0 saturated carbocycles. The van der Waals surface area contributed by atoms with E-state index in [1.165, 1.54) is 22.9 Å². The molecule has 0 fully saturated rings. The Morgan fingerprint density at radius 2 is 1.81 bits per heavy atom. The fraction of sp³-hybridized carbons (Fsp3) is 0.286. The van der Waals surface area contributed by atoms with E-state index in [0.29, 0.717) is 5.92 Å². The molecule has 0 aliphatic rings. The average molecular weight is 317 g/mol. The number of hydrogen-bond donors (Lipinski definition) is 1. The molecular formula is C14H15N5S2. The van der Waals surface area contributed by atoms with Crippen LogP contribution in [0.25, 0.3) is 9.88 Å². The fourth-order valence-electron chi connectivity index (χ4n) is 1.98. The van der Waals surface area contributed by atoms with Crippen LogP contribution in [-0.4, -0.2) is 19.8 Å². The molecule has 0 radical (unpaired) electrons. The molecule has 2 heterocycles. The van der Waals surface area contributed by atoms with E-state index in [1.54, 1.807) is 0 Å². The average Bonchev–Trinajstić information content (AvgIpc) is 3.16. The number of hydrogen-bond acceptors (Lipinski definition) is 7. The van der Waals surface area contributed by atoms with Gasteiger partial charge in [0.1, 0.15) is 9.88 Å². The molecule has 0 bridgehead atoms. The number of aromatic nitrogens is 4. The summed E-state index contributed by atoms with van der Waals surface area (Å²) in [6.07, 6.45) is 0. The first-order chi connectivity index (χ1) is 10.2. The van der Waals surface area contributed by atoms with Crippen LogP contribution < -0.4 is 5.73 Å². The van der Waals surface area contributed by atoms with Gasteiger partial charge < -0.3 is 5.73 Å². The highest BCUT2D eigenvalue weighted by atomic mass is 32.1. The van der Waals surface area contributed by atoms with E-state index in [1.807, 2.05) is 30.3 Å². The Labute approximate surface area is 131 Å². The molecule has 3 aromatic rings. The van der Waals surface area contributed by atoms with E-state index in [-0.39, 0.29) is 6.04 Å². The maximum Gasteiger partial charge on any atom is 0.161 e. The number of benzene rings is 1. The van der Waals surface area contributed by atoms with Crippen molar-refractivity contribution in [3.8, 4) is 9.88 Å². The molecule has 1 unspecified atom stereocenters. The molecule has 1 atom stereocenters.